The predicted octanol–water partition coefficient (Wildman–Crippen LogP) is 1.98. The normalized spacial score (nSPS) is 23.8. The van der Waals surface area contributed by atoms with Crippen molar-refractivity contribution in [2.45, 2.75) is 46.6 Å². The molecule has 0 bridgehead atoms. The van der Waals surface area contributed by atoms with Gasteiger partial charge in [-0.1, -0.05) is 13.8 Å². The van der Waals surface area contributed by atoms with Crippen molar-refractivity contribution in [1.29, 1.82) is 0 Å². The fourth-order valence-corrected chi connectivity index (χ4v) is 3.09. The largest absolute Gasteiger partial charge is 0.341 e. The zero-order chi connectivity index (χ0) is 12.6. The highest BCUT2D eigenvalue weighted by Crippen LogP contribution is 2.40. The second-order valence-corrected chi connectivity index (χ2v) is 6.66. The Kier molecular flexibility index (Phi) is 3.48. The molecule has 0 atom stereocenters. The predicted molar refractivity (Wildman–Crippen MR) is 69.8 cm³/mol. The Balaban J connectivity index is 1.81. The highest BCUT2D eigenvalue weighted by atomic mass is 16.2. The zero-order valence-electron chi connectivity index (χ0n) is 11.7. The van der Waals surface area contributed by atoms with E-state index in [0.29, 0.717) is 29.7 Å². The van der Waals surface area contributed by atoms with Gasteiger partial charge in [-0.05, 0) is 32.7 Å². The van der Waals surface area contributed by atoms with Crippen LogP contribution in [0.5, 0.6) is 0 Å². The molecule has 0 aromatic carbocycles. The van der Waals surface area contributed by atoms with Crippen LogP contribution in [-0.4, -0.2) is 47.9 Å². The molecule has 98 valence electrons. The van der Waals surface area contributed by atoms with Gasteiger partial charge in [-0.25, -0.2) is 0 Å². The molecule has 0 unspecified atom stereocenters. The Labute approximate surface area is 105 Å². The van der Waals surface area contributed by atoms with Gasteiger partial charge in [-0.15, -0.1) is 0 Å². The van der Waals surface area contributed by atoms with Crippen molar-refractivity contribution in [3.63, 3.8) is 0 Å². The second kappa shape index (κ2) is 4.60. The fraction of sp³-hybridized carbons (Fsp3) is 0.929. The lowest BCUT2D eigenvalue weighted by molar-refractivity contribution is -0.143. The Bertz CT molecular complexity index is 293. The van der Waals surface area contributed by atoms with E-state index in [9.17, 15) is 4.79 Å². The van der Waals surface area contributed by atoms with Crippen LogP contribution < -0.4 is 0 Å². The second-order valence-electron chi connectivity index (χ2n) is 6.66. The van der Waals surface area contributed by atoms with E-state index < -0.39 is 0 Å². The van der Waals surface area contributed by atoms with Gasteiger partial charge in [0, 0.05) is 37.5 Å². The van der Waals surface area contributed by atoms with E-state index in [2.05, 4.69) is 37.5 Å². The fourth-order valence-electron chi connectivity index (χ4n) is 3.09. The van der Waals surface area contributed by atoms with Crippen LogP contribution in [0.3, 0.4) is 0 Å². The first kappa shape index (κ1) is 12.9. The minimum atomic E-state index is 0.355. The van der Waals surface area contributed by atoms with E-state index in [1.807, 2.05) is 0 Å². The standard InChI is InChI=1S/C14H26N2O/c1-11(2)7-13(17)16-9-14(10-16)5-6-15(8-14)12(3)4/h11-12H,5-10H2,1-4H3. The summed E-state index contributed by atoms with van der Waals surface area (Å²) in [5.74, 6) is 0.836. The molecule has 17 heavy (non-hydrogen) atoms. The summed E-state index contributed by atoms with van der Waals surface area (Å²) in [5.41, 5.74) is 0.441. The summed E-state index contributed by atoms with van der Waals surface area (Å²) >= 11 is 0. The lowest BCUT2D eigenvalue weighted by Crippen LogP contribution is -2.59. The van der Waals surface area contributed by atoms with Gasteiger partial charge in [-0.3, -0.25) is 4.79 Å². The Morgan fingerprint density at radius 2 is 1.82 bits per heavy atom. The monoisotopic (exact) mass is 238 g/mol. The maximum absolute atomic E-state index is 11.9. The number of likely N-dealkylation sites (tertiary alicyclic amines) is 2. The van der Waals surface area contributed by atoms with Gasteiger partial charge in [-0.2, -0.15) is 0 Å². The maximum Gasteiger partial charge on any atom is 0.222 e. The molecule has 0 aliphatic carbocycles. The number of amides is 1. The van der Waals surface area contributed by atoms with Crippen LogP contribution in [0.4, 0.5) is 0 Å². The van der Waals surface area contributed by atoms with E-state index in [-0.39, 0.29) is 0 Å². The molecule has 2 saturated heterocycles. The minimum absolute atomic E-state index is 0.355. The van der Waals surface area contributed by atoms with Crippen LogP contribution in [0.25, 0.3) is 0 Å². The summed E-state index contributed by atoms with van der Waals surface area (Å²) in [6.07, 6.45) is 1.99. The average molecular weight is 238 g/mol. The van der Waals surface area contributed by atoms with E-state index >= 15 is 0 Å². The summed E-state index contributed by atoms with van der Waals surface area (Å²) in [7, 11) is 0. The van der Waals surface area contributed by atoms with Crippen molar-refractivity contribution < 1.29 is 4.79 Å². The first-order chi connectivity index (χ1) is 7.92. The van der Waals surface area contributed by atoms with Gasteiger partial charge in [0.05, 0.1) is 0 Å². The van der Waals surface area contributed by atoms with Crippen molar-refractivity contribution in [1.82, 2.24) is 9.80 Å². The van der Waals surface area contributed by atoms with Crippen molar-refractivity contribution >= 4 is 5.91 Å². The number of hydrogen-bond donors (Lipinski definition) is 0. The molecule has 2 aliphatic rings. The Morgan fingerprint density at radius 1 is 1.18 bits per heavy atom. The highest BCUT2D eigenvalue weighted by Gasteiger charge is 2.49. The molecule has 2 heterocycles. The molecule has 2 rings (SSSR count). The summed E-state index contributed by atoms with van der Waals surface area (Å²) in [6.45, 7) is 13.2. The minimum Gasteiger partial charge on any atom is -0.341 e. The lowest BCUT2D eigenvalue weighted by atomic mass is 9.78. The van der Waals surface area contributed by atoms with Crippen molar-refractivity contribution in [3.8, 4) is 0 Å². The number of carbonyl (C=O) groups is 1. The first-order valence-corrected chi connectivity index (χ1v) is 6.94. The van der Waals surface area contributed by atoms with Crippen LogP contribution in [0.1, 0.15) is 40.5 Å². The summed E-state index contributed by atoms with van der Waals surface area (Å²) in [6, 6.07) is 0.648. The summed E-state index contributed by atoms with van der Waals surface area (Å²) in [5, 5.41) is 0. The molecule has 3 heteroatoms. The van der Waals surface area contributed by atoms with Gasteiger partial charge in [0.25, 0.3) is 0 Å². The molecular formula is C14H26N2O. The molecule has 2 fully saturated rings. The van der Waals surface area contributed by atoms with E-state index in [0.717, 1.165) is 13.1 Å². The Morgan fingerprint density at radius 3 is 2.29 bits per heavy atom. The number of hydrogen-bond acceptors (Lipinski definition) is 2. The molecule has 1 amide bonds. The van der Waals surface area contributed by atoms with E-state index in [1.54, 1.807) is 0 Å². The molecule has 0 N–H and O–H groups in total. The average Bonchev–Trinajstić information content (AvgIpc) is 2.58. The van der Waals surface area contributed by atoms with Gasteiger partial charge in [0.2, 0.25) is 5.91 Å². The molecule has 0 aromatic heterocycles. The Hall–Kier alpha value is -0.570. The van der Waals surface area contributed by atoms with Gasteiger partial charge < -0.3 is 9.80 Å². The van der Waals surface area contributed by atoms with Crippen LogP contribution in [0.15, 0.2) is 0 Å². The van der Waals surface area contributed by atoms with Crippen LogP contribution in [-0.2, 0) is 4.79 Å². The van der Waals surface area contributed by atoms with Gasteiger partial charge in [0.1, 0.15) is 0 Å². The van der Waals surface area contributed by atoms with Crippen molar-refractivity contribution in [2.75, 3.05) is 26.2 Å². The number of carbonyl (C=O) groups excluding carboxylic acids is 1. The van der Waals surface area contributed by atoms with Crippen LogP contribution in [0.2, 0.25) is 0 Å². The number of rotatable bonds is 3. The summed E-state index contributed by atoms with van der Waals surface area (Å²) < 4.78 is 0. The molecule has 0 radical (unpaired) electrons. The van der Waals surface area contributed by atoms with Gasteiger partial charge >= 0.3 is 0 Å². The molecule has 0 aromatic rings. The third-order valence-electron chi connectivity index (χ3n) is 4.19. The first-order valence-electron chi connectivity index (χ1n) is 6.94. The highest BCUT2D eigenvalue weighted by molar-refractivity contribution is 5.77. The van der Waals surface area contributed by atoms with Crippen LogP contribution in [0, 0.1) is 11.3 Å². The van der Waals surface area contributed by atoms with E-state index in [1.165, 1.54) is 19.5 Å². The summed E-state index contributed by atoms with van der Waals surface area (Å²) in [4.78, 5) is 16.5. The smallest absolute Gasteiger partial charge is 0.222 e. The lowest BCUT2D eigenvalue weighted by Gasteiger charge is -2.48. The van der Waals surface area contributed by atoms with Crippen molar-refractivity contribution in [3.05, 3.63) is 0 Å². The molecule has 3 nitrogen and oxygen atoms in total. The number of nitrogens with zero attached hydrogens (tertiary/aromatic N) is 2. The third-order valence-corrected chi connectivity index (χ3v) is 4.19. The van der Waals surface area contributed by atoms with Gasteiger partial charge in [0.15, 0.2) is 0 Å². The zero-order valence-corrected chi connectivity index (χ0v) is 11.7. The van der Waals surface area contributed by atoms with E-state index in [4.69, 9.17) is 0 Å². The SMILES string of the molecule is CC(C)CC(=O)N1CC2(CCN(C(C)C)C2)C1. The molecule has 0 saturated carbocycles. The van der Waals surface area contributed by atoms with Crippen LogP contribution >= 0.6 is 0 Å². The quantitative estimate of drug-likeness (QED) is 0.750. The molecular weight excluding hydrogens is 212 g/mol. The van der Waals surface area contributed by atoms with Crippen molar-refractivity contribution in [2.24, 2.45) is 11.3 Å². The maximum atomic E-state index is 11.9. The molecule has 1 spiro atoms. The molecule has 2 aliphatic heterocycles. The third kappa shape index (κ3) is 2.65. The topological polar surface area (TPSA) is 23.6 Å².